The number of ether oxygens (including phenoxy) is 1. The van der Waals surface area contributed by atoms with Gasteiger partial charge in [0, 0.05) is 13.1 Å². The van der Waals surface area contributed by atoms with Crippen LogP contribution in [0.2, 0.25) is 5.02 Å². The number of hydrogen-bond acceptors (Lipinski definition) is 3. The van der Waals surface area contributed by atoms with Crippen LogP contribution in [0.4, 0.5) is 0 Å². The van der Waals surface area contributed by atoms with E-state index in [-0.39, 0.29) is 0 Å². The predicted molar refractivity (Wildman–Crippen MR) is 76.1 cm³/mol. The molecule has 6 heteroatoms. The first-order valence-electron chi connectivity index (χ1n) is 5.53. The number of nitriles is 1. The van der Waals surface area contributed by atoms with Gasteiger partial charge in [-0.1, -0.05) is 11.6 Å². The summed E-state index contributed by atoms with van der Waals surface area (Å²) in [5.74, 6) is 0.620. The maximum atomic E-state index is 8.80. The molecule has 0 aliphatic heterocycles. The van der Waals surface area contributed by atoms with Crippen LogP contribution in [0.15, 0.2) is 22.7 Å². The van der Waals surface area contributed by atoms with Crippen molar-refractivity contribution >= 4 is 27.5 Å². The van der Waals surface area contributed by atoms with Crippen molar-refractivity contribution in [2.24, 2.45) is 7.05 Å². The van der Waals surface area contributed by atoms with Crippen LogP contribution >= 0.6 is 27.5 Å². The predicted octanol–water partition coefficient (Wildman–Crippen LogP) is 3.60. The molecule has 0 radical (unpaired) electrons. The van der Waals surface area contributed by atoms with Crippen LogP contribution in [0.3, 0.4) is 0 Å². The lowest BCUT2D eigenvalue weighted by Crippen LogP contribution is -2.03. The molecule has 2 aromatic rings. The fourth-order valence-electron chi connectivity index (χ4n) is 1.66. The number of nitrogens with zero attached hydrogens (tertiary/aromatic N) is 3. The number of aromatic nitrogens is 2. The van der Waals surface area contributed by atoms with Gasteiger partial charge < -0.3 is 4.74 Å². The van der Waals surface area contributed by atoms with Crippen LogP contribution < -0.4 is 4.74 Å². The Labute approximate surface area is 124 Å². The molecule has 0 bridgehead atoms. The largest absolute Gasteiger partial charge is 0.487 e. The van der Waals surface area contributed by atoms with E-state index in [0.29, 0.717) is 22.9 Å². The Morgan fingerprint density at radius 3 is 2.79 bits per heavy atom. The Morgan fingerprint density at radius 2 is 2.26 bits per heavy atom. The zero-order valence-electron chi connectivity index (χ0n) is 10.4. The van der Waals surface area contributed by atoms with Crippen molar-refractivity contribution in [2.75, 3.05) is 0 Å². The lowest BCUT2D eigenvalue weighted by Gasteiger charge is -2.08. The molecule has 0 aliphatic rings. The summed E-state index contributed by atoms with van der Waals surface area (Å²) < 4.78 is 8.37. The van der Waals surface area contributed by atoms with Crippen LogP contribution in [-0.2, 0) is 13.7 Å². The van der Waals surface area contributed by atoms with E-state index in [1.807, 2.05) is 20.0 Å². The van der Waals surface area contributed by atoms with Gasteiger partial charge in [-0.2, -0.15) is 10.4 Å². The van der Waals surface area contributed by atoms with Crippen LogP contribution in [-0.4, -0.2) is 9.78 Å². The minimum absolute atomic E-state index is 0.375. The number of aryl methyl sites for hydroxylation is 2. The Bertz CT molecular complexity index is 661. The summed E-state index contributed by atoms with van der Waals surface area (Å²) in [5.41, 5.74) is 2.29. The number of rotatable bonds is 3. The van der Waals surface area contributed by atoms with Gasteiger partial charge in [-0.25, -0.2) is 0 Å². The van der Waals surface area contributed by atoms with E-state index in [0.717, 1.165) is 15.9 Å². The summed E-state index contributed by atoms with van der Waals surface area (Å²) in [5, 5.41) is 13.5. The molecule has 0 N–H and O–H groups in total. The third kappa shape index (κ3) is 2.91. The quantitative estimate of drug-likeness (QED) is 0.858. The summed E-state index contributed by atoms with van der Waals surface area (Å²) in [7, 11) is 1.86. The van der Waals surface area contributed by atoms with Crippen molar-refractivity contribution in [3.05, 3.63) is 44.6 Å². The van der Waals surface area contributed by atoms with Gasteiger partial charge in [-0.3, -0.25) is 4.68 Å². The van der Waals surface area contributed by atoms with Gasteiger partial charge in [-0.05, 0) is 35.0 Å². The van der Waals surface area contributed by atoms with E-state index in [1.165, 1.54) is 0 Å². The van der Waals surface area contributed by atoms with E-state index in [1.54, 1.807) is 22.9 Å². The molecule has 0 aliphatic carbocycles. The maximum Gasteiger partial charge on any atom is 0.131 e. The summed E-state index contributed by atoms with van der Waals surface area (Å²) >= 11 is 9.43. The highest BCUT2D eigenvalue weighted by molar-refractivity contribution is 9.10. The number of halogens is 2. The average molecular weight is 341 g/mol. The topological polar surface area (TPSA) is 50.8 Å². The Kier molecular flexibility index (Phi) is 4.13. The smallest absolute Gasteiger partial charge is 0.131 e. The van der Waals surface area contributed by atoms with Gasteiger partial charge >= 0.3 is 0 Å². The van der Waals surface area contributed by atoms with Crippen molar-refractivity contribution in [3.63, 3.8) is 0 Å². The van der Waals surface area contributed by atoms with Gasteiger partial charge in [0.25, 0.3) is 0 Å². The zero-order chi connectivity index (χ0) is 14.0. The minimum atomic E-state index is 0.375. The second kappa shape index (κ2) is 5.64. The highest BCUT2D eigenvalue weighted by Crippen LogP contribution is 2.25. The van der Waals surface area contributed by atoms with Crippen LogP contribution in [0.1, 0.15) is 17.0 Å². The second-order valence-corrected chi connectivity index (χ2v) is 5.21. The average Bonchev–Trinajstić information content (AvgIpc) is 2.61. The van der Waals surface area contributed by atoms with Gasteiger partial charge in [0.15, 0.2) is 0 Å². The van der Waals surface area contributed by atoms with Gasteiger partial charge in [0.1, 0.15) is 18.4 Å². The molecular formula is C13H11BrClN3O. The standard InChI is InChI=1S/C13H11BrClN3O/c1-8-13(14)12(18(2)17-8)7-19-10-4-3-9(6-16)11(15)5-10/h3-5H,7H2,1-2H3. The molecule has 0 amide bonds. The Hall–Kier alpha value is -1.51. The van der Waals surface area contributed by atoms with Gasteiger partial charge in [0.2, 0.25) is 0 Å². The molecule has 4 nitrogen and oxygen atoms in total. The summed E-state index contributed by atoms with van der Waals surface area (Å²) in [4.78, 5) is 0. The Balaban J connectivity index is 2.15. The molecule has 0 fully saturated rings. The minimum Gasteiger partial charge on any atom is -0.487 e. The highest BCUT2D eigenvalue weighted by atomic mass is 79.9. The molecule has 0 saturated carbocycles. The normalized spacial score (nSPS) is 10.3. The van der Waals surface area contributed by atoms with E-state index in [9.17, 15) is 0 Å². The lowest BCUT2D eigenvalue weighted by atomic mass is 10.2. The SMILES string of the molecule is Cc1nn(C)c(COc2ccc(C#N)c(Cl)c2)c1Br. The van der Waals surface area contributed by atoms with Crippen molar-refractivity contribution in [1.29, 1.82) is 5.26 Å². The number of hydrogen-bond donors (Lipinski definition) is 0. The highest BCUT2D eigenvalue weighted by Gasteiger charge is 2.11. The monoisotopic (exact) mass is 339 g/mol. The first kappa shape index (κ1) is 13.9. The van der Waals surface area contributed by atoms with E-state index < -0.39 is 0 Å². The first-order valence-corrected chi connectivity index (χ1v) is 6.70. The third-order valence-corrected chi connectivity index (χ3v) is 4.04. The number of benzene rings is 1. The van der Waals surface area contributed by atoms with Crippen molar-refractivity contribution in [1.82, 2.24) is 9.78 Å². The molecule has 19 heavy (non-hydrogen) atoms. The van der Waals surface area contributed by atoms with Gasteiger partial charge in [0.05, 0.1) is 26.4 Å². The second-order valence-electron chi connectivity index (χ2n) is 4.01. The maximum absolute atomic E-state index is 8.80. The summed E-state index contributed by atoms with van der Waals surface area (Å²) in [6.07, 6.45) is 0. The molecular weight excluding hydrogens is 330 g/mol. The molecule has 0 atom stereocenters. The first-order chi connectivity index (χ1) is 9.02. The van der Waals surface area contributed by atoms with E-state index >= 15 is 0 Å². The summed E-state index contributed by atoms with van der Waals surface area (Å²) in [6.45, 7) is 2.30. The fraction of sp³-hybridized carbons (Fsp3) is 0.231. The molecule has 0 spiro atoms. The van der Waals surface area contributed by atoms with Crippen molar-refractivity contribution in [2.45, 2.75) is 13.5 Å². The lowest BCUT2D eigenvalue weighted by molar-refractivity contribution is 0.294. The molecule has 98 valence electrons. The van der Waals surface area contributed by atoms with Crippen LogP contribution in [0.5, 0.6) is 5.75 Å². The van der Waals surface area contributed by atoms with Crippen LogP contribution in [0.25, 0.3) is 0 Å². The molecule has 1 aromatic heterocycles. The zero-order valence-corrected chi connectivity index (χ0v) is 12.8. The van der Waals surface area contributed by atoms with Crippen LogP contribution in [0, 0.1) is 18.3 Å². The van der Waals surface area contributed by atoms with E-state index in [2.05, 4.69) is 21.0 Å². The molecule has 1 heterocycles. The van der Waals surface area contributed by atoms with Crippen molar-refractivity contribution < 1.29 is 4.74 Å². The fourth-order valence-corrected chi connectivity index (χ4v) is 2.33. The molecule has 0 saturated heterocycles. The van der Waals surface area contributed by atoms with Gasteiger partial charge in [-0.15, -0.1) is 0 Å². The Morgan fingerprint density at radius 1 is 1.53 bits per heavy atom. The summed E-state index contributed by atoms with van der Waals surface area (Å²) in [6, 6.07) is 7.01. The van der Waals surface area contributed by atoms with Crippen molar-refractivity contribution in [3.8, 4) is 11.8 Å². The molecule has 0 unspecified atom stereocenters. The third-order valence-electron chi connectivity index (χ3n) is 2.70. The van der Waals surface area contributed by atoms with E-state index in [4.69, 9.17) is 21.6 Å². The molecule has 2 rings (SSSR count). The molecule has 1 aromatic carbocycles.